The van der Waals surface area contributed by atoms with E-state index < -0.39 is 23.7 Å². The van der Waals surface area contributed by atoms with Crippen LogP contribution in [0, 0.1) is 17.1 Å². The first-order valence-electron chi connectivity index (χ1n) is 6.36. The fourth-order valence-electron chi connectivity index (χ4n) is 2.07. The predicted octanol–water partition coefficient (Wildman–Crippen LogP) is 4.86. The number of alkyl halides is 3. The molecule has 0 radical (unpaired) electrons. The Kier molecular flexibility index (Phi) is 4.36. The van der Waals surface area contributed by atoms with Crippen LogP contribution in [0.3, 0.4) is 0 Å². The first-order valence-corrected chi connectivity index (χ1v) is 6.36. The fraction of sp³-hybridized carbons (Fsp3) is 0.188. The highest BCUT2D eigenvalue weighted by molar-refractivity contribution is 5.44. The number of nitrogens with zero attached hydrogens (tertiary/aromatic N) is 1. The molecule has 0 saturated heterocycles. The molecule has 0 heterocycles. The van der Waals surface area contributed by atoms with Gasteiger partial charge in [-0.05, 0) is 25.1 Å². The zero-order valence-electron chi connectivity index (χ0n) is 11.5. The van der Waals surface area contributed by atoms with E-state index in [1.54, 1.807) is 6.07 Å². The molecule has 2 aromatic rings. The maximum absolute atomic E-state index is 13.5. The highest BCUT2D eigenvalue weighted by Gasteiger charge is 2.34. The van der Waals surface area contributed by atoms with Gasteiger partial charge in [0.05, 0.1) is 5.56 Å². The second kappa shape index (κ2) is 6.06. The highest BCUT2D eigenvalue weighted by atomic mass is 19.4. The van der Waals surface area contributed by atoms with E-state index in [1.165, 1.54) is 37.3 Å². The molecular formula is C16H11F4NO. The van der Waals surface area contributed by atoms with Crippen LogP contribution >= 0.6 is 0 Å². The summed E-state index contributed by atoms with van der Waals surface area (Å²) in [5.74, 6) is -0.872. The van der Waals surface area contributed by atoms with Crippen molar-refractivity contribution in [1.82, 2.24) is 0 Å². The Balaban J connectivity index is 2.38. The van der Waals surface area contributed by atoms with Crippen molar-refractivity contribution in [3.05, 3.63) is 65.0 Å². The predicted molar refractivity (Wildman–Crippen MR) is 71.6 cm³/mol. The summed E-state index contributed by atoms with van der Waals surface area (Å²) >= 11 is 0. The zero-order chi connectivity index (χ0) is 16.3. The molecule has 22 heavy (non-hydrogen) atoms. The normalized spacial score (nSPS) is 12.5. The van der Waals surface area contributed by atoms with Crippen molar-refractivity contribution in [2.75, 3.05) is 0 Å². The van der Waals surface area contributed by atoms with Gasteiger partial charge in [0.2, 0.25) is 0 Å². The summed E-state index contributed by atoms with van der Waals surface area (Å²) in [7, 11) is 0. The quantitative estimate of drug-likeness (QED) is 0.759. The van der Waals surface area contributed by atoms with E-state index in [0.717, 1.165) is 12.1 Å². The molecule has 1 unspecified atom stereocenters. The highest BCUT2D eigenvalue weighted by Crippen LogP contribution is 2.36. The van der Waals surface area contributed by atoms with Crippen molar-refractivity contribution in [3.8, 4) is 11.8 Å². The Bertz CT molecular complexity index is 719. The summed E-state index contributed by atoms with van der Waals surface area (Å²) in [6.45, 7) is 1.41. The van der Waals surface area contributed by atoms with E-state index in [9.17, 15) is 17.6 Å². The molecule has 6 heteroatoms. The molecule has 0 aliphatic rings. The lowest BCUT2D eigenvalue weighted by Crippen LogP contribution is -2.14. The van der Waals surface area contributed by atoms with E-state index in [4.69, 9.17) is 10.00 Å². The number of benzene rings is 2. The smallest absolute Gasteiger partial charge is 0.416 e. The van der Waals surface area contributed by atoms with Crippen molar-refractivity contribution in [2.24, 2.45) is 0 Å². The summed E-state index contributed by atoms with van der Waals surface area (Å²) < 4.78 is 57.8. The van der Waals surface area contributed by atoms with Gasteiger partial charge in [0.1, 0.15) is 29.3 Å². The molecule has 0 aliphatic carbocycles. The molecule has 0 aromatic heterocycles. The Labute approximate surface area is 124 Å². The largest absolute Gasteiger partial charge is 0.485 e. The van der Waals surface area contributed by atoms with Gasteiger partial charge < -0.3 is 4.74 Å². The summed E-state index contributed by atoms with van der Waals surface area (Å²) in [5, 5.41) is 8.92. The lowest BCUT2D eigenvalue weighted by atomic mass is 10.0. The van der Waals surface area contributed by atoms with Gasteiger partial charge in [-0.3, -0.25) is 0 Å². The van der Waals surface area contributed by atoms with Crippen molar-refractivity contribution < 1.29 is 22.3 Å². The van der Waals surface area contributed by atoms with Gasteiger partial charge in [-0.2, -0.15) is 18.4 Å². The summed E-state index contributed by atoms with van der Waals surface area (Å²) in [4.78, 5) is 0. The van der Waals surface area contributed by atoms with Crippen LogP contribution in [0.1, 0.15) is 29.7 Å². The van der Waals surface area contributed by atoms with Crippen molar-refractivity contribution in [1.29, 1.82) is 5.26 Å². The Morgan fingerprint density at radius 2 is 1.77 bits per heavy atom. The Morgan fingerprint density at radius 3 is 2.41 bits per heavy atom. The number of halogens is 4. The molecule has 0 fully saturated rings. The van der Waals surface area contributed by atoms with Crippen LogP contribution in [0.15, 0.2) is 42.5 Å². The van der Waals surface area contributed by atoms with E-state index >= 15 is 0 Å². The van der Waals surface area contributed by atoms with Gasteiger partial charge >= 0.3 is 6.18 Å². The number of hydrogen-bond acceptors (Lipinski definition) is 2. The van der Waals surface area contributed by atoms with E-state index in [1.807, 2.05) is 0 Å². The Hall–Kier alpha value is -2.55. The fourth-order valence-corrected chi connectivity index (χ4v) is 2.07. The van der Waals surface area contributed by atoms with Gasteiger partial charge in [-0.25, -0.2) is 4.39 Å². The topological polar surface area (TPSA) is 33.0 Å². The molecular weight excluding hydrogens is 298 g/mol. The Morgan fingerprint density at radius 1 is 1.09 bits per heavy atom. The van der Waals surface area contributed by atoms with Crippen LogP contribution < -0.4 is 4.74 Å². The molecule has 2 nitrogen and oxygen atoms in total. The third-order valence-corrected chi connectivity index (χ3v) is 3.10. The first kappa shape index (κ1) is 15.8. The van der Waals surface area contributed by atoms with E-state index in [0.29, 0.717) is 0 Å². The third kappa shape index (κ3) is 3.19. The summed E-state index contributed by atoms with van der Waals surface area (Å²) in [6, 6.07) is 10.4. The van der Waals surface area contributed by atoms with Gasteiger partial charge in [-0.15, -0.1) is 0 Å². The number of rotatable bonds is 3. The molecule has 2 rings (SSSR count). The number of nitriles is 1. The van der Waals surface area contributed by atoms with Gasteiger partial charge in [0.25, 0.3) is 0 Å². The van der Waals surface area contributed by atoms with Crippen LogP contribution in [0.25, 0.3) is 0 Å². The number of ether oxygens (including phenoxy) is 1. The minimum atomic E-state index is -4.52. The third-order valence-electron chi connectivity index (χ3n) is 3.10. The van der Waals surface area contributed by atoms with Crippen molar-refractivity contribution in [3.63, 3.8) is 0 Å². The molecule has 2 aromatic carbocycles. The van der Waals surface area contributed by atoms with Crippen molar-refractivity contribution in [2.45, 2.75) is 19.2 Å². The van der Waals surface area contributed by atoms with Crippen LogP contribution in [-0.4, -0.2) is 0 Å². The monoisotopic (exact) mass is 309 g/mol. The van der Waals surface area contributed by atoms with Gasteiger partial charge in [0, 0.05) is 5.56 Å². The molecule has 0 spiro atoms. The van der Waals surface area contributed by atoms with Gasteiger partial charge in [0.15, 0.2) is 0 Å². The van der Waals surface area contributed by atoms with Crippen LogP contribution in [-0.2, 0) is 6.18 Å². The zero-order valence-corrected chi connectivity index (χ0v) is 11.5. The minimum absolute atomic E-state index is 0.0804. The first-order chi connectivity index (χ1) is 10.3. The molecule has 0 bridgehead atoms. The van der Waals surface area contributed by atoms with E-state index in [2.05, 4.69) is 0 Å². The van der Waals surface area contributed by atoms with E-state index in [-0.39, 0.29) is 16.9 Å². The lowest BCUT2D eigenvalue weighted by molar-refractivity contribution is -0.138. The van der Waals surface area contributed by atoms with Crippen LogP contribution in [0.5, 0.6) is 5.75 Å². The average molecular weight is 309 g/mol. The second-order valence-electron chi connectivity index (χ2n) is 4.57. The molecule has 0 saturated carbocycles. The standard InChI is InChI=1S/C16H11F4NO/c1-10(11-5-2-3-6-13(11)16(18,19)20)22-15-8-4-7-14(17)12(15)9-21/h2-8,10H,1H3. The second-order valence-corrected chi connectivity index (χ2v) is 4.57. The lowest BCUT2D eigenvalue weighted by Gasteiger charge is -2.20. The molecule has 1 atom stereocenters. The maximum Gasteiger partial charge on any atom is 0.416 e. The maximum atomic E-state index is 13.5. The number of hydrogen-bond donors (Lipinski definition) is 0. The summed E-state index contributed by atoms with van der Waals surface area (Å²) in [5.41, 5.74) is -1.24. The van der Waals surface area contributed by atoms with Gasteiger partial charge in [-0.1, -0.05) is 24.3 Å². The molecule has 114 valence electrons. The van der Waals surface area contributed by atoms with Crippen molar-refractivity contribution >= 4 is 0 Å². The minimum Gasteiger partial charge on any atom is -0.485 e. The summed E-state index contributed by atoms with van der Waals surface area (Å²) in [6.07, 6.45) is -5.51. The average Bonchev–Trinajstić information content (AvgIpc) is 2.46. The SMILES string of the molecule is CC(Oc1cccc(F)c1C#N)c1ccccc1C(F)(F)F. The van der Waals surface area contributed by atoms with Crippen LogP contribution in [0.4, 0.5) is 17.6 Å². The molecule has 0 amide bonds. The van der Waals surface area contributed by atoms with Crippen LogP contribution in [0.2, 0.25) is 0 Å². The molecule has 0 aliphatic heterocycles. The molecule has 0 N–H and O–H groups in total.